The molecule has 0 spiro atoms. The van der Waals surface area contributed by atoms with Crippen LogP contribution in [0.3, 0.4) is 0 Å². The van der Waals surface area contributed by atoms with Crippen LogP contribution in [-0.2, 0) is 15.7 Å². The zero-order valence-electron chi connectivity index (χ0n) is 13.5. The summed E-state index contributed by atoms with van der Waals surface area (Å²) < 4.78 is 18.3. The van der Waals surface area contributed by atoms with E-state index in [1.165, 1.54) is 19.3 Å². The largest absolute Gasteiger partial charge is 0.512 e. The number of aliphatic hydroxyl groups is 1. The van der Waals surface area contributed by atoms with E-state index in [2.05, 4.69) is 0 Å². The summed E-state index contributed by atoms with van der Waals surface area (Å²) in [7, 11) is -1.79. The van der Waals surface area contributed by atoms with Crippen molar-refractivity contribution in [2.45, 2.75) is 56.9 Å². The van der Waals surface area contributed by atoms with Crippen molar-refractivity contribution in [3.8, 4) is 0 Å². The number of benzene rings is 1. The molecule has 1 saturated carbocycles. The van der Waals surface area contributed by atoms with Gasteiger partial charge in [0.25, 0.3) is 0 Å². The lowest BCUT2D eigenvalue weighted by Crippen LogP contribution is -2.29. The first kappa shape index (κ1) is 20.5. The standard InChI is InChI=1S/C17H27NO3P.ClH/c18-12-16(19)11-17(15-9-5-2-6-10-15)22(20)21-13-14-7-3-1-4-8-14;/h1,3-4,7-8,15-17,19H,2,5-6,9-13,18H2;1H/q+1;/t16-,17?;/m1./s1. The minimum atomic E-state index is -1.79. The van der Waals surface area contributed by atoms with E-state index in [9.17, 15) is 9.67 Å². The van der Waals surface area contributed by atoms with Crippen LogP contribution in [0.1, 0.15) is 44.1 Å². The lowest BCUT2D eigenvalue weighted by molar-refractivity contribution is 0.154. The highest BCUT2D eigenvalue weighted by Crippen LogP contribution is 2.43. The first-order chi connectivity index (χ1) is 10.7. The molecule has 4 nitrogen and oxygen atoms in total. The Morgan fingerprint density at radius 3 is 2.48 bits per heavy atom. The minimum absolute atomic E-state index is 0. The molecule has 3 atom stereocenters. The fourth-order valence-electron chi connectivity index (χ4n) is 3.15. The van der Waals surface area contributed by atoms with Gasteiger partial charge in [0, 0.05) is 18.9 Å². The predicted octanol–water partition coefficient (Wildman–Crippen LogP) is 4.03. The van der Waals surface area contributed by atoms with E-state index >= 15 is 0 Å². The van der Waals surface area contributed by atoms with E-state index < -0.39 is 14.1 Å². The van der Waals surface area contributed by atoms with E-state index in [-0.39, 0.29) is 24.6 Å². The third kappa shape index (κ3) is 6.86. The summed E-state index contributed by atoms with van der Waals surface area (Å²) in [5.74, 6) is 0.384. The molecule has 3 N–H and O–H groups in total. The molecule has 23 heavy (non-hydrogen) atoms. The van der Waals surface area contributed by atoms with Crippen molar-refractivity contribution >= 4 is 20.4 Å². The summed E-state index contributed by atoms with van der Waals surface area (Å²) in [4.78, 5) is 0. The SMILES string of the molecule is Cl.NC[C@H](O)CC(C1CCCCC1)[P+](=O)OCc1ccccc1. The van der Waals surface area contributed by atoms with Crippen LogP contribution in [-0.4, -0.2) is 23.4 Å². The third-order valence-corrected chi connectivity index (χ3v) is 6.01. The number of aliphatic hydroxyl groups excluding tert-OH is 1. The highest BCUT2D eigenvalue weighted by Gasteiger charge is 2.41. The first-order valence-corrected chi connectivity index (χ1v) is 9.46. The van der Waals surface area contributed by atoms with Gasteiger partial charge >= 0.3 is 8.03 Å². The van der Waals surface area contributed by atoms with Crippen molar-refractivity contribution in [1.82, 2.24) is 0 Å². The average Bonchev–Trinajstić information content (AvgIpc) is 2.59. The van der Waals surface area contributed by atoms with E-state index in [0.29, 0.717) is 18.9 Å². The molecule has 1 aliphatic carbocycles. The molecule has 0 aromatic heterocycles. The Hall–Kier alpha value is -0.510. The smallest absolute Gasteiger partial charge is 0.392 e. The number of hydrogen-bond donors (Lipinski definition) is 2. The molecule has 1 aromatic rings. The van der Waals surface area contributed by atoms with E-state index in [1.807, 2.05) is 30.3 Å². The van der Waals surface area contributed by atoms with Gasteiger partial charge in [-0.25, -0.2) is 0 Å². The molecule has 2 unspecified atom stereocenters. The summed E-state index contributed by atoms with van der Waals surface area (Å²) in [5, 5.41) is 9.88. The van der Waals surface area contributed by atoms with Crippen LogP contribution in [0.2, 0.25) is 0 Å². The van der Waals surface area contributed by atoms with Crippen LogP contribution in [0.4, 0.5) is 0 Å². The quantitative estimate of drug-likeness (QED) is 0.686. The summed E-state index contributed by atoms with van der Waals surface area (Å²) in [6.45, 7) is 0.572. The lowest BCUT2D eigenvalue weighted by Gasteiger charge is -2.24. The zero-order valence-corrected chi connectivity index (χ0v) is 15.2. The molecule has 0 amide bonds. The Kier molecular flexibility index (Phi) is 9.92. The molecule has 1 fully saturated rings. The Bertz CT molecular complexity index is 454. The van der Waals surface area contributed by atoms with E-state index in [4.69, 9.17) is 10.3 Å². The Morgan fingerprint density at radius 2 is 1.87 bits per heavy atom. The van der Waals surface area contributed by atoms with Gasteiger partial charge < -0.3 is 10.8 Å². The van der Waals surface area contributed by atoms with Crippen molar-refractivity contribution < 1.29 is 14.2 Å². The Labute approximate surface area is 146 Å². The summed E-state index contributed by atoms with van der Waals surface area (Å²) in [5.41, 5.74) is 6.46. The maximum atomic E-state index is 12.6. The molecule has 6 heteroatoms. The Balaban J connectivity index is 0.00000264. The second-order valence-corrected chi connectivity index (χ2v) is 7.63. The normalized spacial score (nSPS) is 18.8. The lowest BCUT2D eigenvalue weighted by atomic mass is 9.85. The van der Waals surface area contributed by atoms with Crippen LogP contribution in [0.15, 0.2) is 30.3 Å². The van der Waals surface area contributed by atoms with Gasteiger partial charge in [-0.2, -0.15) is 0 Å². The summed E-state index contributed by atoms with van der Waals surface area (Å²) in [6, 6.07) is 9.78. The number of rotatable bonds is 8. The number of nitrogens with two attached hydrogens (primary N) is 1. The predicted molar refractivity (Wildman–Crippen MR) is 96.1 cm³/mol. The molecule has 0 heterocycles. The molecular formula is C17H28ClNO3P+. The highest BCUT2D eigenvalue weighted by atomic mass is 35.5. The molecular weight excluding hydrogens is 333 g/mol. The van der Waals surface area contributed by atoms with Gasteiger partial charge in [-0.3, -0.25) is 0 Å². The second-order valence-electron chi connectivity index (χ2n) is 6.14. The first-order valence-electron chi connectivity index (χ1n) is 8.22. The topological polar surface area (TPSA) is 72.5 Å². The van der Waals surface area contributed by atoms with Crippen LogP contribution < -0.4 is 5.73 Å². The van der Waals surface area contributed by atoms with Crippen LogP contribution >= 0.6 is 20.4 Å². The number of halogens is 1. The van der Waals surface area contributed by atoms with Gasteiger partial charge in [-0.05, 0) is 23.0 Å². The van der Waals surface area contributed by atoms with Gasteiger partial charge in [0.05, 0.1) is 6.10 Å². The monoisotopic (exact) mass is 360 g/mol. The summed E-state index contributed by atoms with van der Waals surface area (Å²) >= 11 is 0. The molecule has 0 radical (unpaired) electrons. The zero-order chi connectivity index (χ0) is 15.8. The minimum Gasteiger partial charge on any atom is -0.392 e. The Morgan fingerprint density at radius 1 is 1.22 bits per heavy atom. The van der Waals surface area contributed by atoms with Crippen molar-refractivity contribution in [3.63, 3.8) is 0 Å². The van der Waals surface area contributed by atoms with Gasteiger partial charge in [-0.1, -0.05) is 49.6 Å². The molecule has 1 aromatic carbocycles. The van der Waals surface area contributed by atoms with Gasteiger partial charge in [0.2, 0.25) is 0 Å². The highest BCUT2D eigenvalue weighted by molar-refractivity contribution is 7.40. The van der Waals surface area contributed by atoms with Crippen LogP contribution in [0, 0.1) is 5.92 Å². The molecule has 0 aliphatic heterocycles. The maximum Gasteiger partial charge on any atom is 0.512 e. The fourth-order valence-corrected chi connectivity index (χ4v) is 4.68. The average molecular weight is 361 g/mol. The molecule has 2 rings (SSSR count). The third-order valence-electron chi connectivity index (χ3n) is 4.45. The fraction of sp³-hybridized carbons (Fsp3) is 0.647. The van der Waals surface area contributed by atoms with E-state index in [0.717, 1.165) is 18.4 Å². The van der Waals surface area contributed by atoms with Gasteiger partial charge in [-0.15, -0.1) is 16.9 Å². The van der Waals surface area contributed by atoms with Gasteiger partial charge in [0.15, 0.2) is 5.66 Å². The van der Waals surface area contributed by atoms with Crippen molar-refractivity contribution in [2.24, 2.45) is 11.7 Å². The van der Waals surface area contributed by atoms with Crippen molar-refractivity contribution in [3.05, 3.63) is 35.9 Å². The molecule has 0 bridgehead atoms. The van der Waals surface area contributed by atoms with Crippen LogP contribution in [0.5, 0.6) is 0 Å². The molecule has 1 aliphatic rings. The second kappa shape index (κ2) is 11.1. The molecule has 0 saturated heterocycles. The maximum absolute atomic E-state index is 12.6. The van der Waals surface area contributed by atoms with Crippen LogP contribution in [0.25, 0.3) is 0 Å². The van der Waals surface area contributed by atoms with E-state index in [1.54, 1.807) is 0 Å². The van der Waals surface area contributed by atoms with Crippen molar-refractivity contribution in [2.75, 3.05) is 6.54 Å². The van der Waals surface area contributed by atoms with Crippen molar-refractivity contribution in [1.29, 1.82) is 0 Å². The van der Waals surface area contributed by atoms with Gasteiger partial charge in [0.1, 0.15) is 6.61 Å². The molecule has 130 valence electrons. The number of hydrogen-bond acceptors (Lipinski definition) is 4. The summed E-state index contributed by atoms with van der Waals surface area (Å²) in [6.07, 6.45) is 5.67.